The molecule has 3 aromatic carbocycles. The van der Waals surface area contributed by atoms with Gasteiger partial charge in [0, 0.05) is 23.3 Å². The van der Waals surface area contributed by atoms with Gasteiger partial charge in [-0.15, -0.1) is 0 Å². The number of nitrogens with zero attached hydrogens (tertiary/aromatic N) is 1. The van der Waals surface area contributed by atoms with Crippen LogP contribution in [0.25, 0.3) is 22.0 Å². The molecule has 0 bridgehead atoms. The SMILES string of the molecule is Cc1ccc2c(c1)c(-c1ccccc1)cc[n+]2Cc1ccccc1.F[P-](F)(F)(F)(F)F. The molecule has 0 aliphatic rings. The molecule has 4 aromatic rings. The number of hydrogen-bond donors (Lipinski definition) is 0. The molecule has 1 aromatic heterocycles. The van der Waals surface area contributed by atoms with Crippen LogP contribution >= 0.6 is 7.81 Å². The Kier molecular flexibility index (Phi) is 5.61. The first kappa shape index (κ1) is 22.8. The van der Waals surface area contributed by atoms with Gasteiger partial charge in [-0.2, -0.15) is 4.57 Å². The van der Waals surface area contributed by atoms with Gasteiger partial charge in [-0.3, -0.25) is 0 Å². The fourth-order valence-corrected chi connectivity index (χ4v) is 3.24. The van der Waals surface area contributed by atoms with Gasteiger partial charge in [0.2, 0.25) is 5.52 Å². The molecular formula is C23H20F6NP. The van der Waals surface area contributed by atoms with Gasteiger partial charge in [0.25, 0.3) is 0 Å². The zero-order valence-electron chi connectivity index (χ0n) is 16.5. The molecule has 164 valence electrons. The van der Waals surface area contributed by atoms with Crippen molar-refractivity contribution in [3.63, 3.8) is 0 Å². The Morgan fingerprint density at radius 3 is 1.84 bits per heavy atom. The summed E-state index contributed by atoms with van der Waals surface area (Å²) in [6.07, 6.45) is 2.20. The maximum absolute atomic E-state index is 10.7. The van der Waals surface area contributed by atoms with Crippen LogP contribution in [0.4, 0.5) is 25.2 Å². The summed E-state index contributed by atoms with van der Waals surface area (Å²) in [6.45, 7) is 3.04. The third-order valence-corrected chi connectivity index (χ3v) is 4.45. The maximum atomic E-state index is 9.87. The molecule has 0 aliphatic heterocycles. The molecule has 0 radical (unpaired) electrons. The van der Waals surface area contributed by atoms with E-state index >= 15 is 0 Å². The Balaban J connectivity index is 0.000000339. The molecule has 0 unspecified atom stereocenters. The number of pyridine rings is 1. The Labute approximate surface area is 175 Å². The van der Waals surface area contributed by atoms with Crippen molar-refractivity contribution in [1.29, 1.82) is 0 Å². The monoisotopic (exact) mass is 455 g/mol. The van der Waals surface area contributed by atoms with E-state index in [1.165, 1.54) is 33.2 Å². The van der Waals surface area contributed by atoms with E-state index in [1.807, 2.05) is 0 Å². The van der Waals surface area contributed by atoms with Crippen molar-refractivity contribution in [2.45, 2.75) is 13.5 Å². The number of hydrogen-bond acceptors (Lipinski definition) is 0. The summed E-state index contributed by atoms with van der Waals surface area (Å²) >= 11 is 0. The summed E-state index contributed by atoms with van der Waals surface area (Å²) in [5.41, 5.74) is 6.43. The quantitative estimate of drug-likeness (QED) is 0.166. The molecule has 1 nitrogen and oxygen atoms in total. The standard InChI is InChI=1S/C23H20N.F6P/c1-18-12-13-23-22(16-18)21(20-10-6-3-7-11-20)14-15-24(23)17-19-8-4-2-5-9-19;1-7(2,3,4,5)6/h2-16H,17H2,1H3;/q+1;-1. The van der Waals surface area contributed by atoms with E-state index in [0.29, 0.717) is 0 Å². The van der Waals surface area contributed by atoms with Gasteiger partial charge in [0.15, 0.2) is 12.7 Å². The Bertz CT molecular complexity index is 1180. The summed E-state index contributed by atoms with van der Waals surface area (Å²) in [5.74, 6) is 0. The van der Waals surface area contributed by atoms with Gasteiger partial charge >= 0.3 is 33.0 Å². The first-order valence-corrected chi connectivity index (χ1v) is 11.4. The summed E-state index contributed by atoms with van der Waals surface area (Å²) in [6, 6.07) is 30.2. The number of rotatable bonds is 3. The van der Waals surface area contributed by atoms with Crippen LogP contribution in [0.15, 0.2) is 91.1 Å². The van der Waals surface area contributed by atoms with Crippen molar-refractivity contribution in [2.75, 3.05) is 0 Å². The number of benzene rings is 3. The van der Waals surface area contributed by atoms with Crippen molar-refractivity contribution in [3.05, 3.63) is 102 Å². The molecule has 0 aliphatic carbocycles. The summed E-state index contributed by atoms with van der Waals surface area (Å²) in [7, 11) is -10.7. The fraction of sp³-hybridized carbons (Fsp3) is 0.0870. The molecule has 0 amide bonds. The van der Waals surface area contributed by atoms with E-state index in [2.05, 4.69) is 103 Å². The van der Waals surface area contributed by atoms with E-state index in [-0.39, 0.29) is 0 Å². The zero-order chi connectivity index (χ0) is 22.8. The summed E-state index contributed by atoms with van der Waals surface area (Å²) in [4.78, 5) is 0. The molecule has 0 saturated carbocycles. The molecule has 0 spiro atoms. The van der Waals surface area contributed by atoms with Crippen molar-refractivity contribution in [2.24, 2.45) is 0 Å². The molecule has 0 N–H and O–H groups in total. The molecular weight excluding hydrogens is 435 g/mol. The summed E-state index contributed by atoms with van der Waals surface area (Å²) in [5, 5.41) is 1.31. The van der Waals surface area contributed by atoms with Crippen molar-refractivity contribution < 1.29 is 29.7 Å². The van der Waals surface area contributed by atoms with Crippen LogP contribution in [0.1, 0.15) is 11.1 Å². The molecule has 1 heterocycles. The minimum absolute atomic E-state index is 0.884. The van der Waals surface area contributed by atoms with Crippen LogP contribution < -0.4 is 4.57 Å². The van der Waals surface area contributed by atoms with E-state index < -0.39 is 7.81 Å². The molecule has 4 rings (SSSR count). The van der Waals surface area contributed by atoms with Crippen molar-refractivity contribution in [1.82, 2.24) is 0 Å². The van der Waals surface area contributed by atoms with E-state index in [4.69, 9.17) is 0 Å². The van der Waals surface area contributed by atoms with Gasteiger partial charge in [-0.05, 0) is 18.6 Å². The van der Waals surface area contributed by atoms with Crippen LogP contribution in [0.2, 0.25) is 0 Å². The number of fused-ring (bicyclic) bond motifs is 1. The van der Waals surface area contributed by atoms with Crippen LogP contribution in [0.5, 0.6) is 0 Å². The Hall–Kier alpha value is -2.92. The molecule has 0 atom stereocenters. The van der Waals surface area contributed by atoms with Crippen LogP contribution in [0.3, 0.4) is 0 Å². The first-order valence-electron chi connectivity index (χ1n) is 9.35. The first-order chi connectivity index (χ1) is 14.3. The fourth-order valence-electron chi connectivity index (χ4n) is 3.24. The Morgan fingerprint density at radius 2 is 1.26 bits per heavy atom. The van der Waals surface area contributed by atoms with Crippen LogP contribution in [-0.4, -0.2) is 0 Å². The second-order valence-corrected chi connectivity index (χ2v) is 9.10. The third kappa shape index (κ3) is 7.68. The Morgan fingerprint density at radius 1 is 0.710 bits per heavy atom. The second kappa shape index (κ2) is 7.65. The second-order valence-electron chi connectivity index (χ2n) is 7.19. The molecule has 31 heavy (non-hydrogen) atoms. The van der Waals surface area contributed by atoms with Gasteiger partial charge in [-0.25, -0.2) is 0 Å². The molecule has 0 fully saturated rings. The van der Waals surface area contributed by atoms with Gasteiger partial charge < -0.3 is 0 Å². The van der Waals surface area contributed by atoms with Gasteiger partial charge in [0.1, 0.15) is 0 Å². The average Bonchev–Trinajstić information content (AvgIpc) is 2.67. The predicted molar refractivity (Wildman–Crippen MR) is 113 cm³/mol. The van der Waals surface area contributed by atoms with Gasteiger partial charge in [-0.1, -0.05) is 72.3 Å². The number of aromatic nitrogens is 1. The van der Waals surface area contributed by atoms with Crippen LogP contribution in [-0.2, 0) is 6.54 Å². The average molecular weight is 455 g/mol. The van der Waals surface area contributed by atoms with Gasteiger partial charge in [0.05, 0.1) is 5.39 Å². The van der Waals surface area contributed by atoms with Crippen LogP contribution in [0, 0.1) is 6.92 Å². The topological polar surface area (TPSA) is 3.88 Å². The van der Waals surface area contributed by atoms with E-state index in [0.717, 1.165) is 6.54 Å². The van der Waals surface area contributed by atoms with Crippen molar-refractivity contribution in [3.8, 4) is 11.1 Å². The summed E-state index contributed by atoms with van der Waals surface area (Å²) < 4.78 is 61.5. The van der Waals surface area contributed by atoms with Crippen molar-refractivity contribution >= 4 is 18.7 Å². The third-order valence-electron chi connectivity index (χ3n) is 4.45. The molecule has 8 heteroatoms. The predicted octanol–water partition coefficient (Wildman–Crippen LogP) is 8.53. The number of halogens is 6. The molecule has 0 saturated heterocycles. The number of aryl methyl sites for hydroxylation is 1. The normalized spacial score (nSPS) is 13.6. The minimum atomic E-state index is -10.7. The van der Waals surface area contributed by atoms with E-state index in [9.17, 15) is 25.2 Å². The van der Waals surface area contributed by atoms with E-state index in [1.54, 1.807) is 0 Å². The zero-order valence-corrected chi connectivity index (χ0v) is 17.4.